The van der Waals surface area contributed by atoms with Gasteiger partial charge >= 0.3 is 0 Å². The first-order chi connectivity index (χ1) is 17.0. The normalized spacial score (nSPS) is 25.0. The van der Waals surface area contributed by atoms with Crippen molar-refractivity contribution >= 4 is 11.8 Å². The monoisotopic (exact) mass is 475 g/mol. The van der Waals surface area contributed by atoms with Crippen LogP contribution in [0.1, 0.15) is 53.9 Å². The number of aliphatic hydroxyl groups is 1. The lowest BCUT2D eigenvalue weighted by Gasteiger charge is -2.57. The highest BCUT2D eigenvalue weighted by atomic mass is 16.3. The first-order valence-electron chi connectivity index (χ1n) is 13.1. The number of aliphatic hydroxyl groups excluding tert-OH is 1. The number of amides is 2. The maximum absolute atomic E-state index is 13.1. The Hall–Kier alpha value is -2.70. The Morgan fingerprint density at radius 3 is 2.11 bits per heavy atom. The Morgan fingerprint density at radius 1 is 0.914 bits per heavy atom. The van der Waals surface area contributed by atoms with Crippen molar-refractivity contribution < 1.29 is 14.7 Å². The van der Waals surface area contributed by atoms with Gasteiger partial charge in [0.1, 0.15) is 0 Å². The molecule has 2 heterocycles. The fourth-order valence-electron chi connectivity index (χ4n) is 6.02. The SMILES string of the molecule is CN(C)C(=O)c1ccc(-c2ccc([C@@H]3[C@@H](CO)N4CCCCN(C(=O)C5CCC5)C[C@@H]34)cc2)cc1. The van der Waals surface area contributed by atoms with Gasteiger partial charge in [0, 0.05) is 56.7 Å². The number of hydrogen-bond acceptors (Lipinski definition) is 4. The lowest BCUT2D eigenvalue weighted by Crippen LogP contribution is -2.68. The second-order valence-corrected chi connectivity index (χ2v) is 10.6. The van der Waals surface area contributed by atoms with E-state index in [1.807, 2.05) is 24.3 Å². The number of nitrogens with zero attached hydrogens (tertiary/aromatic N) is 3. The summed E-state index contributed by atoms with van der Waals surface area (Å²) in [5.74, 6) is 0.800. The summed E-state index contributed by atoms with van der Waals surface area (Å²) in [6.45, 7) is 2.76. The van der Waals surface area contributed by atoms with Crippen LogP contribution in [0, 0.1) is 5.92 Å². The average molecular weight is 476 g/mol. The van der Waals surface area contributed by atoms with E-state index in [2.05, 4.69) is 34.1 Å². The van der Waals surface area contributed by atoms with Crippen LogP contribution < -0.4 is 0 Å². The molecule has 0 spiro atoms. The summed E-state index contributed by atoms with van der Waals surface area (Å²) in [5.41, 5.74) is 4.09. The number of benzene rings is 2. The molecule has 186 valence electrons. The molecule has 2 aromatic rings. The van der Waals surface area contributed by atoms with Crippen molar-refractivity contribution in [3.8, 4) is 11.1 Å². The first-order valence-corrected chi connectivity index (χ1v) is 13.1. The summed E-state index contributed by atoms with van der Waals surface area (Å²) in [5, 5.41) is 10.2. The molecule has 2 aliphatic heterocycles. The molecule has 1 N–H and O–H groups in total. The molecule has 3 fully saturated rings. The van der Waals surface area contributed by atoms with Gasteiger partial charge in [-0.15, -0.1) is 0 Å². The van der Waals surface area contributed by atoms with Gasteiger partial charge in [-0.25, -0.2) is 0 Å². The molecule has 3 aliphatic rings. The molecular formula is C29H37N3O3. The average Bonchev–Trinajstić information content (AvgIpc) is 2.82. The van der Waals surface area contributed by atoms with Crippen molar-refractivity contribution in [2.75, 3.05) is 40.3 Å². The quantitative estimate of drug-likeness (QED) is 0.718. The van der Waals surface area contributed by atoms with Crippen LogP contribution in [0.25, 0.3) is 11.1 Å². The summed E-state index contributed by atoms with van der Waals surface area (Å²) in [7, 11) is 3.52. The minimum absolute atomic E-state index is 0.000477. The molecule has 0 bridgehead atoms. The van der Waals surface area contributed by atoms with Crippen LogP contribution in [0.4, 0.5) is 0 Å². The maximum atomic E-state index is 13.1. The Balaban J connectivity index is 1.33. The molecule has 6 nitrogen and oxygen atoms in total. The molecule has 0 aromatic heterocycles. The van der Waals surface area contributed by atoms with E-state index < -0.39 is 0 Å². The van der Waals surface area contributed by atoms with Crippen molar-refractivity contribution in [3.63, 3.8) is 0 Å². The molecule has 3 atom stereocenters. The predicted octanol–water partition coefficient (Wildman–Crippen LogP) is 3.61. The fourth-order valence-corrected chi connectivity index (χ4v) is 6.02. The lowest BCUT2D eigenvalue weighted by molar-refractivity contribution is -0.143. The highest BCUT2D eigenvalue weighted by Crippen LogP contribution is 2.43. The Bertz CT molecular complexity index is 1050. The molecule has 0 unspecified atom stereocenters. The van der Waals surface area contributed by atoms with Crippen molar-refractivity contribution in [3.05, 3.63) is 59.7 Å². The van der Waals surface area contributed by atoms with Gasteiger partial charge in [-0.2, -0.15) is 0 Å². The van der Waals surface area contributed by atoms with Gasteiger partial charge in [0.2, 0.25) is 5.91 Å². The van der Waals surface area contributed by atoms with Gasteiger partial charge in [0.25, 0.3) is 5.91 Å². The summed E-state index contributed by atoms with van der Waals surface area (Å²) < 4.78 is 0. The van der Waals surface area contributed by atoms with E-state index >= 15 is 0 Å². The van der Waals surface area contributed by atoms with Crippen LogP contribution in [0.3, 0.4) is 0 Å². The van der Waals surface area contributed by atoms with E-state index in [4.69, 9.17) is 0 Å². The minimum Gasteiger partial charge on any atom is -0.395 e. The Labute approximate surface area is 208 Å². The molecule has 35 heavy (non-hydrogen) atoms. The van der Waals surface area contributed by atoms with Crippen LogP contribution in [0.2, 0.25) is 0 Å². The zero-order valence-electron chi connectivity index (χ0n) is 20.9. The number of fused-ring (bicyclic) bond motifs is 1. The second-order valence-electron chi connectivity index (χ2n) is 10.6. The number of carbonyl (C=O) groups is 2. The summed E-state index contributed by atoms with van der Waals surface area (Å²) in [6, 6.07) is 16.7. The summed E-state index contributed by atoms with van der Waals surface area (Å²) >= 11 is 0. The predicted molar refractivity (Wildman–Crippen MR) is 137 cm³/mol. The molecule has 6 heteroatoms. The highest BCUT2D eigenvalue weighted by Gasteiger charge is 2.49. The van der Waals surface area contributed by atoms with Crippen LogP contribution >= 0.6 is 0 Å². The largest absolute Gasteiger partial charge is 0.395 e. The molecule has 5 rings (SSSR count). The van der Waals surface area contributed by atoms with E-state index in [0.29, 0.717) is 11.5 Å². The third-order valence-electron chi connectivity index (χ3n) is 8.30. The van der Waals surface area contributed by atoms with Gasteiger partial charge in [-0.1, -0.05) is 42.8 Å². The van der Waals surface area contributed by atoms with Crippen LogP contribution in [0.15, 0.2) is 48.5 Å². The minimum atomic E-state index is 0.000477. The van der Waals surface area contributed by atoms with Gasteiger partial charge in [-0.05, 0) is 61.1 Å². The Kier molecular flexibility index (Phi) is 6.94. The van der Waals surface area contributed by atoms with Gasteiger partial charge in [0.15, 0.2) is 0 Å². The second kappa shape index (κ2) is 10.1. The highest BCUT2D eigenvalue weighted by molar-refractivity contribution is 5.94. The van der Waals surface area contributed by atoms with Crippen molar-refractivity contribution in [1.82, 2.24) is 14.7 Å². The van der Waals surface area contributed by atoms with E-state index in [9.17, 15) is 14.7 Å². The molecule has 1 saturated carbocycles. The molecular weight excluding hydrogens is 438 g/mol. The molecule has 2 saturated heterocycles. The van der Waals surface area contributed by atoms with E-state index in [0.717, 1.165) is 56.4 Å². The first kappa shape index (κ1) is 24.0. The molecule has 1 aliphatic carbocycles. The standard InChI is InChI=1S/C29H37N3O3/c1-30(2)28(34)24-14-10-21(11-15-24)20-8-12-22(13-9-20)27-25-18-31(29(35)23-6-5-7-23)16-3-4-17-32(25)26(27)19-33/h8-15,23,25-27,33H,3-7,16-19H2,1-2H3/t25-,26+,27-/m0/s1. The molecule has 2 aromatic carbocycles. The summed E-state index contributed by atoms with van der Waals surface area (Å²) in [4.78, 5) is 31.4. The van der Waals surface area contributed by atoms with Crippen molar-refractivity contribution in [2.45, 2.75) is 50.1 Å². The van der Waals surface area contributed by atoms with Gasteiger partial charge in [0.05, 0.1) is 6.61 Å². The molecule has 0 radical (unpaired) electrons. The maximum Gasteiger partial charge on any atom is 0.253 e. The van der Waals surface area contributed by atoms with Crippen LogP contribution in [0.5, 0.6) is 0 Å². The zero-order valence-corrected chi connectivity index (χ0v) is 20.9. The van der Waals surface area contributed by atoms with Crippen molar-refractivity contribution in [2.24, 2.45) is 5.92 Å². The zero-order chi connectivity index (χ0) is 24.5. The van der Waals surface area contributed by atoms with Gasteiger partial charge in [-0.3, -0.25) is 14.5 Å². The number of hydrogen-bond donors (Lipinski definition) is 1. The van der Waals surface area contributed by atoms with Crippen LogP contribution in [-0.2, 0) is 4.79 Å². The summed E-state index contributed by atoms with van der Waals surface area (Å²) in [6.07, 6.45) is 5.36. The Morgan fingerprint density at radius 2 is 1.54 bits per heavy atom. The lowest BCUT2D eigenvalue weighted by atomic mass is 9.74. The van der Waals surface area contributed by atoms with E-state index in [1.54, 1.807) is 19.0 Å². The van der Waals surface area contributed by atoms with E-state index in [-0.39, 0.29) is 36.4 Å². The fraction of sp³-hybridized carbons (Fsp3) is 0.517. The number of carbonyl (C=O) groups excluding carboxylic acids is 2. The van der Waals surface area contributed by atoms with E-state index in [1.165, 1.54) is 12.0 Å². The van der Waals surface area contributed by atoms with Crippen LogP contribution in [-0.4, -0.2) is 84.0 Å². The third-order valence-corrected chi connectivity index (χ3v) is 8.30. The van der Waals surface area contributed by atoms with Crippen molar-refractivity contribution in [1.29, 1.82) is 0 Å². The van der Waals surface area contributed by atoms with Gasteiger partial charge < -0.3 is 14.9 Å². The third kappa shape index (κ3) is 4.62. The smallest absolute Gasteiger partial charge is 0.253 e. The topological polar surface area (TPSA) is 64.1 Å². The molecule has 2 amide bonds. The number of rotatable bonds is 5.